The van der Waals surface area contributed by atoms with E-state index >= 15 is 0 Å². The van der Waals surface area contributed by atoms with Gasteiger partial charge >= 0.3 is 0 Å². The Hall–Kier alpha value is -2.00. The first-order valence-electron chi connectivity index (χ1n) is 7.49. The van der Waals surface area contributed by atoms with Crippen molar-refractivity contribution in [3.8, 4) is 17.2 Å². The molecule has 0 bridgehead atoms. The van der Waals surface area contributed by atoms with Crippen LogP contribution in [0.25, 0.3) is 0 Å². The third-order valence-corrected chi connectivity index (χ3v) is 3.26. The van der Waals surface area contributed by atoms with Crippen LogP contribution in [0.1, 0.15) is 38.3 Å². The lowest BCUT2D eigenvalue weighted by Gasteiger charge is -2.12. The van der Waals surface area contributed by atoms with Crippen LogP contribution >= 0.6 is 0 Å². The van der Waals surface area contributed by atoms with E-state index in [1.54, 1.807) is 0 Å². The Morgan fingerprint density at radius 2 is 1.67 bits per heavy atom. The summed E-state index contributed by atoms with van der Waals surface area (Å²) in [5.74, 6) is 2.46. The molecule has 0 saturated heterocycles. The fourth-order valence-electron chi connectivity index (χ4n) is 2.00. The highest BCUT2D eigenvalue weighted by Crippen LogP contribution is 2.26. The number of nitrogens with two attached hydrogens (primary N) is 1. The zero-order valence-corrected chi connectivity index (χ0v) is 12.7. The largest absolute Gasteiger partial charge is 0.494 e. The molecular formula is C18H23NO2. The van der Waals surface area contributed by atoms with Gasteiger partial charge in [-0.05, 0) is 54.8 Å². The summed E-state index contributed by atoms with van der Waals surface area (Å²) >= 11 is 0. The fourth-order valence-corrected chi connectivity index (χ4v) is 2.00. The Balaban J connectivity index is 2.04. The first-order chi connectivity index (χ1) is 10.2. The summed E-state index contributed by atoms with van der Waals surface area (Å²) in [4.78, 5) is 0. The lowest BCUT2D eigenvalue weighted by molar-refractivity contribution is 0.317. The van der Waals surface area contributed by atoms with Gasteiger partial charge in [-0.25, -0.2) is 0 Å². The van der Waals surface area contributed by atoms with E-state index in [0.717, 1.165) is 42.3 Å². The standard InChI is InChI=1S/C18H23NO2/c1-3-12-20-15-8-10-16(11-9-15)21-17-7-5-6-14(13-17)18(19)4-2/h5-11,13,18H,3-4,12,19H2,1-2H3. The maximum atomic E-state index is 6.05. The molecule has 0 heterocycles. The molecule has 0 aliphatic rings. The lowest BCUT2D eigenvalue weighted by atomic mass is 10.1. The zero-order chi connectivity index (χ0) is 15.1. The summed E-state index contributed by atoms with van der Waals surface area (Å²) in [5, 5.41) is 0. The van der Waals surface area contributed by atoms with Gasteiger partial charge in [-0.1, -0.05) is 26.0 Å². The molecule has 1 atom stereocenters. The molecule has 3 heteroatoms. The Morgan fingerprint density at radius 3 is 2.33 bits per heavy atom. The van der Waals surface area contributed by atoms with Crippen LogP contribution in [-0.4, -0.2) is 6.61 Å². The summed E-state index contributed by atoms with van der Waals surface area (Å²) in [6.07, 6.45) is 1.91. The van der Waals surface area contributed by atoms with E-state index in [2.05, 4.69) is 13.8 Å². The maximum absolute atomic E-state index is 6.05. The van der Waals surface area contributed by atoms with Gasteiger partial charge in [0.1, 0.15) is 17.2 Å². The van der Waals surface area contributed by atoms with E-state index in [4.69, 9.17) is 15.2 Å². The molecule has 1 unspecified atom stereocenters. The molecule has 0 spiro atoms. The fraction of sp³-hybridized carbons (Fsp3) is 0.333. The van der Waals surface area contributed by atoms with Crippen LogP contribution < -0.4 is 15.2 Å². The van der Waals surface area contributed by atoms with Crippen LogP contribution in [0.3, 0.4) is 0 Å². The molecular weight excluding hydrogens is 262 g/mol. The van der Waals surface area contributed by atoms with Crippen LogP contribution in [0.2, 0.25) is 0 Å². The molecule has 21 heavy (non-hydrogen) atoms. The van der Waals surface area contributed by atoms with Crippen molar-refractivity contribution in [3.05, 3.63) is 54.1 Å². The molecule has 0 aliphatic carbocycles. The molecule has 2 rings (SSSR count). The third-order valence-electron chi connectivity index (χ3n) is 3.26. The third kappa shape index (κ3) is 4.50. The first kappa shape index (κ1) is 15.4. The number of hydrogen-bond acceptors (Lipinski definition) is 3. The van der Waals surface area contributed by atoms with E-state index in [-0.39, 0.29) is 6.04 Å². The smallest absolute Gasteiger partial charge is 0.127 e. The number of benzene rings is 2. The Morgan fingerprint density at radius 1 is 0.952 bits per heavy atom. The highest BCUT2D eigenvalue weighted by molar-refractivity contribution is 5.37. The van der Waals surface area contributed by atoms with Gasteiger partial charge in [-0.3, -0.25) is 0 Å². The minimum atomic E-state index is 0.0540. The van der Waals surface area contributed by atoms with Crippen molar-refractivity contribution in [2.75, 3.05) is 6.61 Å². The van der Waals surface area contributed by atoms with Crippen LogP contribution in [-0.2, 0) is 0 Å². The van der Waals surface area contributed by atoms with Gasteiger partial charge in [0.05, 0.1) is 6.61 Å². The van der Waals surface area contributed by atoms with Crippen molar-refractivity contribution in [1.29, 1.82) is 0 Å². The van der Waals surface area contributed by atoms with E-state index in [1.807, 2.05) is 48.5 Å². The number of rotatable bonds is 7. The average Bonchev–Trinajstić information content (AvgIpc) is 2.53. The van der Waals surface area contributed by atoms with Crippen LogP contribution in [0.4, 0.5) is 0 Å². The van der Waals surface area contributed by atoms with E-state index in [1.165, 1.54) is 0 Å². The van der Waals surface area contributed by atoms with Crippen molar-refractivity contribution in [1.82, 2.24) is 0 Å². The zero-order valence-electron chi connectivity index (χ0n) is 12.7. The van der Waals surface area contributed by atoms with Crippen molar-refractivity contribution < 1.29 is 9.47 Å². The minimum Gasteiger partial charge on any atom is -0.494 e. The van der Waals surface area contributed by atoms with Crippen LogP contribution in [0, 0.1) is 0 Å². The second-order valence-corrected chi connectivity index (χ2v) is 5.01. The monoisotopic (exact) mass is 285 g/mol. The summed E-state index contributed by atoms with van der Waals surface area (Å²) < 4.78 is 11.4. The molecule has 0 aromatic heterocycles. The molecule has 0 fully saturated rings. The first-order valence-corrected chi connectivity index (χ1v) is 7.49. The predicted octanol–water partition coefficient (Wildman–Crippen LogP) is 4.68. The quantitative estimate of drug-likeness (QED) is 0.803. The minimum absolute atomic E-state index is 0.0540. The molecule has 3 nitrogen and oxygen atoms in total. The van der Waals surface area contributed by atoms with Crippen molar-refractivity contribution in [3.63, 3.8) is 0 Å². The van der Waals surface area contributed by atoms with Crippen molar-refractivity contribution in [2.24, 2.45) is 5.73 Å². The molecule has 0 amide bonds. The molecule has 0 aliphatic heterocycles. The summed E-state index contributed by atoms with van der Waals surface area (Å²) in [6, 6.07) is 15.7. The molecule has 112 valence electrons. The Labute approximate surface area is 126 Å². The van der Waals surface area contributed by atoms with Gasteiger partial charge in [0.2, 0.25) is 0 Å². The Bertz CT molecular complexity index is 551. The molecule has 2 aromatic rings. The summed E-state index contributed by atoms with van der Waals surface area (Å²) in [6.45, 7) is 4.90. The van der Waals surface area contributed by atoms with Gasteiger partial charge in [-0.2, -0.15) is 0 Å². The highest BCUT2D eigenvalue weighted by Gasteiger charge is 2.05. The maximum Gasteiger partial charge on any atom is 0.127 e. The normalized spacial score (nSPS) is 12.0. The van der Waals surface area contributed by atoms with Crippen LogP contribution in [0.15, 0.2) is 48.5 Å². The number of hydrogen-bond donors (Lipinski definition) is 1. The second-order valence-electron chi connectivity index (χ2n) is 5.01. The van der Waals surface area contributed by atoms with Gasteiger partial charge in [-0.15, -0.1) is 0 Å². The van der Waals surface area contributed by atoms with Crippen molar-refractivity contribution in [2.45, 2.75) is 32.7 Å². The molecule has 0 saturated carbocycles. The van der Waals surface area contributed by atoms with E-state index in [0.29, 0.717) is 0 Å². The second kappa shape index (κ2) is 7.70. The van der Waals surface area contributed by atoms with Gasteiger partial charge < -0.3 is 15.2 Å². The number of ether oxygens (including phenoxy) is 2. The summed E-state index contributed by atoms with van der Waals surface area (Å²) in [5.41, 5.74) is 7.15. The summed E-state index contributed by atoms with van der Waals surface area (Å²) in [7, 11) is 0. The van der Waals surface area contributed by atoms with Crippen LogP contribution in [0.5, 0.6) is 17.2 Å². The van der Waals surface area contributed by atoms with Gasteiger partial charge in [0.25, 0.3) is 0 Å². The predicted molar refractivity (Wildman–Crippen MR) is 86.0 cm³/mol. The highest BCUT2D eigenvalue weighted by atomic mass is 16.5. The van der Waals surface area contributed by atoms with Gasteiger partial charge in [0.15, 0.2) is 0 Å². The van der Waals surface area contributed by atoms with E-state index in [9.17, 15) is 0 Å². The average molecular weight is 285 g/mol. The van der Waals surface area contributed by atoms with Crippen molar-refractivity contribution >= 4 is 0 Å². The lowest BCUT2D eigenvalue weighted by Crippen LogP contribution is -2.08. The SMILES string of the molecule is CCCOc1ccc(Oc2cccc(C(N)CC)c2)cc1. The topological polar surface area (TPSA) is 44.5 Å². The molecule has 0 radical (unpaired) electrons. The van der Waals surface area contributed by atoms with E-state index < -0.39 is 0 Å². The molecule has 2 N–H and O–H groups in total. The molecule has 2 aromatic carbocycles. The Kier molecular flexibility index (Phi) is 5.64. The van der Waals surface area contributed by atoms with Gasteiger partial charge in [0, 0.05) is 6.04 Å².